The summed E-state index contributed by atoms with van der Waals surface area (Å²) >= 11 is 0. The first-order chi connectivity index (χ1) is 13.5. The number of carbonyl (C=O) groups is 1. The van der Waals surface area contributed by atoms with E-state index in [1.807, 2.05) is 30.5 Å². The monoisotopic (exact) mass is 373 g/mol. The number of nitrogens with two attached hydrogens (primary N) is 1. The van der Waals surface area contributed by atoms with E-state index in [2.05, 4.69) is 34.9 Å². The normalized spacial score (nSPS) is 18.5. The predicted molar refractivity (Wildman–Crippen MR) is 111 cm³/mol. The maximum absolute atomic E-state index is 11.7. The molecular formula is C22H23N5O. The molecule has 0 fully saturated rings. The van der Waals surface area contributed by atoms with Crippen LogP contribution >= 0.6 is 0 Å². The maximum Gasteiger partial charge on any atom is 0.243 e. The number of amidine groups is 1. The van der Waals surface area contributed by atoms with Crippen LogP contribution in [0.1, 0.15) is 36.2 Å². The van der Waals surface area contributed by atoms with Gasteiger partial charge in [-0.1, -0.05) is 31.7 Å². The Morgan fingerprint density at radius 2 is 2.21 bits per heavy atom. The molecule has 5 N–H and O–H groups in total. The highest BCUT2D eigenvalue weighted by Crippen LogP contribution is 2.41. The fourth-order valence-corrected chi connectivity index (χ4v) is 4.23. The number of carbonyl (C=O) groups excluding carboxylic acids is 1. The van der Waals surface area contributed by atoms with Crippen LogP contribution in [0.5, 0.6) is 0 Å². The van der Waals surface area contributed by atoms with Crippen molar-refractivity contribution in [3.63, 3.8) is 0 Å². The number of nitrogen functional groups attached to an aromatic ring is 1. The molecule has 1 amide bonds. The Balaban J connectivity index is 1.83. The van der Waals surface area contributed by atoms with Gasteiger partial charge < -0.3 is 16.0 Å². The van der Waals surface area contributed by atoms with Gasteiger partial charge in [0.15, 0.2) is 0 Å². The number of hydrogen-bond acceptors (Lipinski definition) is 3. The first-order valence-electron chi connectivity index (χ1n) is 9.35. The number of aromatic amines is 1. The number of benzene rings is 1. The molecule has 2 atom stereocenters. The molecule has 1 aliphatic carbocycles. The van der Waals surface area contributed by atoms with Gasteiger partial charge in [-0.15, -0.1) is 0 Å². The van der Waals surface area contributed by atoms with Crippen LogP contribution in [-0.2, 0) is 11.2 Å². The first-order valence-corrected chi connectivity index (χ1v) is 9.35. The van der Waals surface area contributed by atoms with Gasteiger partial charge >= 0.3 is 0 Å². The molecule has 2 aromatic heterocycles. The van der Waals surface area contributed by atoms with Gasteiger partial charge in [-0.05, 0) is 36.1 Å². The average Bonchev–Trinajstić information content (AvgIpc) is 3.08. The number of aromatic nitrogens is 2. The zero-order chi connectivity index (χ0) is 19.8. The van der Waals surface area contributed by atoms with Crippen molar-refractivity contribution in [2.45, 2.75) is 31.7 Å². The van der Waals surface area contributed by atoms with Crippen molar-refractivity contribution < 1.29 is 4.79 Å². The molecule has 0 aliphatic heterocycles. The molecule has 4 rings (SSSR count). The van der Waals surface area contributed by atoms with E-state index in [4.69, 9.17) is 11.1 Å². The van der Waals surface area contributed by atoms with Crippen molar-refractivity contribution in [3.05, 3.63) is 66.1 Å². The summed E-state index contributed by atoms with van der Waals surface area (Å²) in [7, 11) is 0. The van der Waals surface area contributed by atoms with Crippen LogP contribution in [0.15, 0.2) is 49.2 Å². The SMILES string of the molecule is C=CC(=O)NC1Cc2[nH]c(C(=N)N)c(-c3cnc4ccccc4c3)c2C(C)C1. The molecule has 3 aromatic rings. The minimum Gasteiger partial charge on any atom is -0.382 e. The predicted octanol–water partition coefficient (Wildman–Crippen LogP) is 3.23. The molecule has 2 heterocycles. The highest BCUT2D eigenvalue weighted by atomic mass is 16.1. The van der Waals surface area contributed by atoms with E-state index >= 15 is 0 Å². The number of hydrogen-bond donors (Lipinski definition) is 4. The van der Waals surface area contributed by atoms with Crippen LogP contribution in [0, 0.1) is 5.41 Å². The van der Waals surface area contributed by atoms with Gasteiger partial charge in [0.1, 0.15) is 5.84 Å². The highest BCUT2D eigenvalue weighted by molar-refractivity contribution is 6.02. The molecule has 0 saturated carbocycles. The molecule has 0 spiro atoms. The zero-order valence-electron chi connectivity index (χ0n) is 15.8. The minimum absolute atomic E-state index is 0.00330. The van der Waals surface area contributed by atoms with Crippen LogP contribution in [0.3, 0.4) is 0 Å². The van der Waals surface area contributed by atoms with Crippen molar-refractivity contribution in [3.8, 4) is 11.1 Å². The summed E-state index contributed by atoms with van der Waals surface area (Å²) in [5.41, 5.74) is 11.5. The lowest BCUT2D eigenvalue weighted by atomic mass is 9.81. The Hall–Kier alpha value is -3.41. The van der Waals surface area contributed by atoms with Gasteiger partial charge in [0.25, 0.3) is 0 Å². The third kappa shape index (κ3) is 3.07. The third-order valence-electron chi connectivity index (χ3n) is 5.38. The van der Waals surface area contributed by atoms with Crippen LogP contribution in [-0.4, -0.2) is 27.8 Å². The quantitative estimate of drug-likeness (QED) is 0.320. The summed E-state index contributed by atoms with van der Waals surface area (Å²) in [6.45, 7) is 5.66. The molecule has 2 unspecified atom stereocenters. The lowest BCUT2D eigenvalue weighted by Gasteiger charge is -2.28. The molecule has 0 saturated heterocycles. The van der Waals surface area contributed by atoms with Gasteiger partial charge in [0.05, 0.1) is 11.2 Å². The second kappa shape index (κ2) is 6.96. The zero-order valence-corrected chi connectivity index (χ0v) is 15.8. The summed E-state index contributed by atoms with van der Waals surface area (Å²) < 4.78 is 0. The summed E-state index contributed by atoms with van der Waals surface area (Å²) in [4.78, 5) is 19.7. The minimum atomic E-state index is -0.169. The molecule has 0 bridgehead atoms. The van der Waals surface area contributed by atoms with Crippen LogP contribution in [0.4, 0.5) is 0 Å². The Labute approximate surface area is 163 Å². The number of rotatable bonds is 4. The van der Waals surface area contributed by atoms with E-state index in [-0.39, 0.29) is 23.7 Å². The average molecular weight is 373 g/mol. The number of nitrogens with one attached hydrogen (secondary N) is 3. The third-order valence-corrected chi connectivity index (χ3v) is 5.38. The number of nitrogens with zero attached hydrogens (tertiary/aromatic N) is 1. The van der Waals surface area contributed by atoms with Gasteiger partial charge in [0, 0.05) is 40.9 Å². The Morgan fingerprint density at radius 1 is 1.43 bits per heavy atom. The topological polar surface area (TPSA) is 108 Å². The Kier molecular flexibility index (Phi) is 4.47. The molecule has 6 nitrogen and oxygen atoms in total. The number of amides is 1. The van der Waals surface area contributed by atoms with Gasteiger partial charge in [0.2, 0.25) is 5.91 Å². The molecule has 0 radical (unpaired) electrons. The summed E-state index contributed by atoms with van der Waals surface area (Å²) in [6, 6.07) is 10.1. The Bertz CT molecular complexity index is 1100. The van der Waals surface area contributed by atoms with E-state index < -0.39 is 0 Å². The van der Waals surface area contributed by atoms with Gasteiger partial charge in [-0.25, -0.2) is 0 Å². The van der Waals surface area contributed by atoms with E-state index in [1.165, 1.54) is 6.08 Å². The molecule has 6 heteroatoms. The molecule has 1 aromatic carbocycles. The van der Waals surface area contributed by atoms with Gasteiger partial charge in [-0.2, -0.15) is 0 Å². The van der Waals surface area contributed by atoms with Crippen molar-refractivity contribution in [1.29, 1.82) is 5.41 Å². The van der Waals surface area contributed by atoms with Crippen LogP contribution in [0.25, 0.3) is 22.0 Å². The number of H-pyrrole nitrogens is 1. The smallest absolute Gasteiger partial charge is 0.243 e. The van der Waals surface area contributed by atoms with E-state index in [0.29, 0.717) is 12.1 Å². The summed E-state index contributed by atoms with van der Waals surface area (Å²) in [6.07, 6.45) is 4.62. The second-order valence-corrected chi connectivity index (χ2v) is 7.35. The number of pyridine rings is 1. The van der Waals surface area contributed by atoms with E-state index in [1.54, 1.807) is 0 Å². The fraction of sp³-hybridized carbons (Fsp3) is 0.227. The lowest BCUT2D eigenvalue weighted by molar-refractivity contribution is -0.117. The van der Waals surface area contributed by atoms with Crippen molar-refractivity contribution in [1.82, 2.24) is 15.3 Å². The largest absolute Gasteiger partial charge is 0.382 e. The van der Waals surface area contributed by atoms with Crippen LogP contribution in [0.2, 0.25) is 0 Å². The van der Waals surface area contributed by atoms with Crippen LogP contribution < -0.4 is 11.1 Å². The molecule has 28 heavy (non-hydrogen) atoms. The summed E-state index contributed by atoms with van der Waals surface area (Å²) in [5.74, 6) is 0.0269. The standard InChI is InChI=1S/C22H23N5O/c1-3-18(28)26-15-8-12(2)19-17(10-15)27-21(22(23)24)20(19)14-9-13-6-4-5-7-16(13)25-11-14/h3-7,9,11-12,15,27H,1,8,10H2,2H3,(H3,23,24)(H,26,28). The molecule has 1 aliphatic rings. The number of fused-ring (bicyclic) bond motifs is 2. The molecule has 142 valence electrons. The Morgan fingerprint density at radius 3 is 2.96 bits per heavy atom. The fourth-order valence-electron chi connectivity index (χ4n) is 4.23. The summed E-state index contributed by atoms with van der Waals surface area (Å²) in [5, 5.41) is 12.1. The van der Waals surface area contributed by atoms with Crippen molar-refractivity contribution in [2.24, 2.45) is 5.73 Å². The highest BCUT2D eigenvalue weighted by Gasteiger charge is 2.31. The van der Waals surface area contributed by atoms with Crippen molar-refractivity contribution >= 4 is 22.6 Å². The van der Waals surface area contributed by atoms with Crippen molar-refractivity contribution in [2.75, 3.05) is 0 Å². The maximum atomic E-state index is 11.7. The second-order valence-electron chi connectivity index (χ2n) is 7.35. The van der Waals surface area contributed by atoms with E-state index in [0.717, 1.165) is 39.7 Å². The van der Waals surface area contributed by atoms with Gasteiger partial charge in [-0.3, -0.25) is 15.2 Å². The molecular weight excluding hydrogens is 350 g/mol. The van der Waals surface area contributed by atoms with E-state index in [9.17, 15) is 4.79 Å². The number of para-hydroxylation sites is 1. The lowest BCUT2D eigenvalue weighted by Crippen LogP contribution is -2.38. The first kappa shape index (κ1) is 18.0.